The summed E-state index contributed by atoms with van der Waals surface area (Å²) in [6.45, 7) is 13.4. The van der Waals surface area contributed by atoms with E-state index in [2.05, 4.69) is 10.7 Å². The zero-order valence-corrected chi connectivity index (χ0v) is 19.5. The Morgan fingerprint density at radius 3 is 2.43 bits per heavy atom. The van der Waals surface area contributed by atoms with E-state index in [4.69, 9.17) is 25.0 Å². The van der Waals surface area contributed by atoms with Crippen LogP contribution in [0.4, 0.5) is 10.5 Å². The predicted molar refractivity (Wildman–Crippen MR) is 121 cm³/mol. The number of alkyl carbamates (subject to hydrolysis) is 1. The average Bonchev–Trinajstić information content (AvgIpc) is 2.80. The van der Waals surface area contributed by atoms with Crippen molar-refractivity contribution in [3.05, 3.63) is 29.2 Å². The number of ether oxygens (including phenoxy) is 1. The Morgan fingerprint density at radius 2 is 1.90 bits per heavy atom. The topological polar surface area (TPSA) is 107 Å². The van der Waals surface area contributed by atoms with Crippen molar-refractivity contribution in [3.8, 4) is 5.40 Å². The summed E-state index contributed by atoms with van der Waals surface area (Å²) in [5.74, 6) is 0. The molecule has 1 fully saturated rings. The SMILES string of the molecule is CC(C)(C)OC(=O)NCC(=Cc1cc(SC#N)ccc1N)B1OC(C)(C)C(C)(C)O1. The maximum atomic E-state index is 12.2. The second-order valence-corrected chi connectivity index (χ2v) is 10.0. The minimum atomic E-state index is -0.670. The molecule has 0 bridgehead atoms. The van der Waals surface area contributed by atoms with E-state index in [0.29, 0.717) is 16.7 Å². The van der Waals surface area contributed by atoms with Gasteiger partial charge in [-0.1, -0.05) is 6.08 Å². The first-order valence-corrected chi connectivity index (χ1v) is 10.5. The van der Waals surface area contributed by atoms with Crippen LogP contribution < -0.4 is 11.1 Å². The number of amides is 1. The summed E-state index contributed by atoms with van der Waals surface area (Å²) in [7, 11) is -0.670. The molecule has 0 radical (unpaired) electrons. The second-order valence-electron chi connectivity index (χ2n) is 9.15. The molecule has 1 saturated heterocycles. The number of thiocyanates is 1. The Kier molecular flexibility index (Phi) is 7.18. The van der Waals surface area contributed by atoms with E-state index in [1.165, 1.54) is 0 Å². The van der Waals surface area contributed by atoms with Crippen molar-refractivity contribution in [2.24, 2.45) is 0 Å². The first kappa shape index (κ1) is 24.1. The highest BCUT2D eigenvalue weighted by Gasteiger charge is 2.52. The smallest absolute Gasteiger partial charge is 0.444 e. The summed E-state index contributed by atoms with van der Waals surface area (Å²) in [4.78, 5) is 13.0. The van der Waals surface area contributed by atoms with E-state index in [-0.39, 0.29) is 6.54 Å². The fraction of sp³-hybridized carbons (Fsp3) is 0.524. The second kappa shape index (κ2) is 8.92. The lowest BCUT2D eigenvalue weighted by molar-refractivity contribution is 0.00578. The van der Waals surface area contributed by atoms with Crippen molar-refractivity contribution in [2.45, 2.75) is 70.2 Å². The fourth-order valence-electron chi connectivity index (χ4n) is 2.68. The van der Waals surface area contributed by atoms with E-state index in [1.807, 2.05) is 39.8 Å². The van der Waals surface area contributed by atoms with Crippen LogP contribution in [-0.4, -0.2) is 36.6 Å². The zero-order chi connectivity index (χ0) is 22.7. The minimum Gasteiger partial charge on any atom is -0.444 e. The predicted octanol–water partition coefficient (Wildman–Crippen LogP) is 4.38. The molecule has 9 heteroatoms. The van der Waals surface area contributed by atoms with Gasteiger partial charge in [0.25, 0.3) is 0 Å². The van der Waals surface area contributed by atoms with Crippen LogP contribution in [0.5, 0.6) is 0 Å². The number of thioether (sulfide) groups is 1. The van der Waals surface area contributed by atoms with Gasteiger partial charge in [-0.25, -0.2) is 4.79 Å². The summed E-state index contributed by atoms with van der Waals surface area (Å²) >= 11 is 1.05. The molecule has 162 valence electrons. The molecule has 1 aromatic rings. The number of rotatable bonds is 5. The van der Waals surface area contributed by atoms with Crippen molar-refractivity contribution >= 4 is 36.7 Å². The van der Waals surface area contributed by atoms with Crippen molar-refractivity contribution < 1.29 is 18.8 Å². The van der Waals surface area contributed by atoms with Crippen molar-refractivity contribution in [1.82, 2.24) is 5.32 Å². The number of nitriles is 1. The van der Waals surface area contributed by atoms with Crippen LogP contribution in [0.3, 0.4) is 0 Å². The normalized spacial score (nSPS) is 18.1. The first-order valence-electron chi connectivity index (χ1n) is 9.72. The molecular weight excluding hydrogens is 401 g/mol. The summed E-state index contributed by atoms with van der Waals surface area (Å²) < 4.78 is 17.7. The van der Waals surface area contributed by atoms with Crippen molar-refractivity contribution in [1.29, 1.82) is 5.26 Å². The summed E-state index contributed by atoms with van der Waals surface area (Å²) in [6.07, 6.45) is 1.29. The van der Waals surface area contributed by atoms with E-state index >= 15 is 0 Å². The number of carbonyl (C=O) groups is 1. The Balaban J connectivity index is 2.35. The van der Waals surface area contributed by atoms with E-state index in [0.717, 1.165) is 16.7 Å². The van der Waals surface area contributed by atoms with Crippen LogP contribution in [0, 0.1) is 10.7 Å². The quantitative estimate of drug-likeness (QED) is 0.308. The van der Waals surface area contributed by atoms with E-state index in [9.17, 15) is 4.79 Å². The molecule has 3 N–H and O–H groups in total. The number of anilines is 1. The van der Waals surface area contributed by atoms with Crippen LogP contribution >= 0.6 is 11.8 Å². The van der Waals surface area contributed by atoms with Gasteiger partial charge in [-0.05, 0) is 89.5 Å². The number of nitrogens with zero attached hydrogens (tertiary/aromatic N) is 1. The van der Waals surface area contributed by atoms with Crippen LogP contribution in [0.25, 0.3) is 6.08 Å². The van der Waals surface area contributed by atoms with Crippen LogP contribution in [0.1, 0.15) is 54.0 Å². The number of hydrogen-bond acceptors (Lipinski definition) is 7. The fourth-order valence-corrected chi connectivity index (χ4v) is 3.11. The van der Waals surface area contributed by atoms with Gasteiger partial charge in [-0.15, -0.1) is 0 Å². The van der Waals surface area contributed by atoms with Gasteiger partial charge in [0.1, 0.15) is 11.0 Å². The number of hydrogen-bond donors (Lipinski definition) is 2. The Morgan fingerprint density at radius 1 is 1.30 bits per heavy atom. The number of benzene rings is 1. The van der Waals surface area contributed by atoms with Gasteiger partial charge in [0.05, 0.1) is 11.2 Å². The molecule has 0 unspecified atom stereocenters. The zero-order valence-electron chi connectivity index (χ0n) is 18.7. The molecule has 1 aliphatic heterocycles. The number of nitrogens with one attached hydrogen (secondary N) is 1. The third-order valence-electron chi connectivity index (χ3n) is 4.95. The van der Waals surface area contributed by atoms with Crippen LogP contribution in [-0.2, 0) is 14.0 Å². The largest absolute Gasteiger partial charge is 0.492 e. The third-order valence-corrected chi connectivity index (χ3v) is 5.54. The van der Waals surface area contributed by atoms with E-state index < -0.39 is 30.0 Å². The highest BCUT2D eigenvalue weighted by Crippen LogP contribution is 2.39. The maximum Gasteiger partial charge on any atom is 0.492 e. The van der Waals surface area contributed by atoms with Crippen molar-refractivity contribution in [3.63, 3.8) is 0 Å². The molecular formula is C21H30BN3O4S. The van der Waals surface area contributed by atoms with Gasteiger partial charge in [-0.2, -0.15) is 5.26 Å². The lowest BCUT2D eigenvalue weighted by Crippen LogP contribution is -2.41. The lowest BCUT2D eigenvalue weighted by atomic mass is 9.77. The van der Waals surface area contributed by atoms with E-state index in [1.54, 1.807) is 32.9 Å². The third kappa shape index (κ3) is 6.18. The number of carbonyl (C=O) groups excluding carboxylic acids is 1. The number of nitrogens with two attached hydrogens (primary N) is 1. The van der Waals surface area contributed by atoms with Gasteiger partial charge in [0.2, 0.25) is 0 Å². The minimum absolute atomic E-state index is 0.154. The molecule has 0 aromatic heterocycles. The van der Waals surface area contributed by atoms with Gasteiger partial charge in [0.15, 0.2) is 0 Å². The van der Waals surface area contributed by atoms with Gasteiger partial charge >= 0.3 is 13.2 Å². The van der Waals surface area contributed by atoms with Gasteiger partial charge in [0, 0.05) is 17.1 Å². The standard InChI is InChI=1S/C21H30BN3O4S/c1-19(2,3)27-18(26)25-12-15(22-28-20(4,5)21(6,7)29-22)10-14-11-16(30-13-23)8-9-17(14)24/h8-11H,12,24H2,1-7H3,(H,25,26). The monoisotopic (exact) mass is 431 g/mol. The maximum absolute atomic E-state index is 12.2. The van der Waals surface area contributed by atoms with Crippen LogP contribution in [0.15, 0.2) is 28.6 Å². The molecule has 1 heterocycles. The Hall–Kier alpha value is -2.15. The van der Waals surface area contributed by atoms with Crippen molar-refractivity contribution in [2.75, 3.05) is 12.3 Å². The molecule has 7 nitrogen and oxygen atoms in total. The summed E-state index contributed by atoms with van der Waals surface area (Å²) in [5, 5.41) is 13.8. The Bertz CT molecular complexity index is 856. The van der Waals surface area contributed by atoms with Gasteiger partial charge in [-0.3, -0.25) is 0 Å². The molecule has 0 spiro atoms. The lowest BCUT2D eigenvalue weighted by Gasteiger charge is -2.32. The highest BCUT2D eigenvalue weighted by atomic mass is 32.2. The molecule has 30 heavy (non-hydrogen) atoms. The molecule has 1 aliphatic rings. The van der Waals surface area contributed by atoms with Crippen LogP contribution in [0.2, 0.25) is 0 Å². The highest BCUT2D eigenvalue weighted by molar-refractivity contribution is 8.03. The molecule has 1 amide bonds. The molecule has 2 rings (SSSR count). The molecule has 0 aliphatic carbocycles. The summed E-state index contributed by atoms with van der Waals surface area (Å²) in [5.41, 5.74) is 6.42. The molecule has 0 atom stereocenters. The van der Waals surface area contributed by atoms with Gasteiger partial charge < -0.3 is 25.1 Å². The average molecular weight is 431 g/mol. The molecule has 0 saturated carbocycles. The summed E-state index contributed by atoms with van der Waals surface area (Å²) in [6, 6.07) is 5.35. The number of nitrogen functional groups attached to an aromatic ring is 1. The first-order chi connectivity index (χ1) is 13.7. The molecule has 1 aromatic carbocycles. The Labute approximate surface area is 183 Å².